The van der Waals surface area contributed by atoms with Crippen molar-refractivity contribution < 1.29 is 18.8 Å². The van der Waals surface area contributed by atoms with Crippen LogP contribution in [0, 0.1) is 5.82 Å². The number of rotatable bonds is 3. The zero-order valence-electron chi connectivity index (χ0n) is 11.1. The Hall–Kier alpha value is -2.89. The van der Waals surface area contributed by atoms with Gasteiger partial charge in [0.15, 0.2) is 0 Å². The summed E-state index contributed by atoms with van der Waals surface area (Å²) in [6.07, 6.45) is 0. The third-order valence-electron chi connectivity index (χ3n) is 2.97. The normalized spacial score (nSPS) is 10.6. The number of hydrogen-bond acceptors (Lipinski definition) is 5. The predicted octanol–water partition coefficient (Wildman–Crippen LogP) is 3.26. The van der Waals surface area contributed by atoms with E-state index in [9.17, 15) is 9.50 Å². The SMILES string of the molecule is COc1ccc(O)c(-c2nc(-c3ccccc3F)no2)c1. The van der Waals surface area contributed by atoms with Gasteiger partial charge in [0.1, 0.15) is 17.3 Å². The maximum absolute atomic E-state index is 13.7. The van der Waals surface area contributed by atoms with E-state index in [1.807, 2.05) is 0 Å². The molecular weight excluding hydrogens is 275 g/mol. The zero-order chi connectivity index (χ0) is 14.8. The number of nitrogens with zero attached hydrogens (tertiary/aromatic N) is 2. The topological polar surface area (TPSA) is 68.4 Å². The first kappa shape index (κ1) is 13.1. The predicted molar refractivity (Wildman–Crippen MR) is 73.3 cm³/mol. The van der Waals surface area contributed by atoms with Crippen molar-refractivity contribution in [3.8, 4) is 34.3 Å². The fourth-order valence-electron chi connectivity index (χ4n) is 1.90. The van der Waals surface area contributed by atoms with Crippen molar-refractivity contribution in [3.63, 3.8) is 0 Å². The van der Waals surface area contributed by atoms with E-state index >= 15 is 0 Å². The summed E-state index contributed by atoms with van der Waals surface area (Å²) in [5.41, 5.74) is 0.555. The van der Waals surface area contributed by atoms with E-state index in [1.165, 1.54) is 19.2 Å². The van der Waals surface area contributed by atoms with E-state index in [4.69, 9.17) is 9.26 Å². The quantitative estimate of drug-likeness (QED) is 0.800. The van der Waals surface area contributed by atoms with Crippen LogP contribution in [0.25, 0.3) is 22.8 Å². The molecule has 0 bridgehead atoms. The van der Waals surface area contributed by atoms with Crippen LogP contribution in [0.3, 0.4) is 0 Å². The van der Waals surface area contributed by atoms with Gasteiger partial charge in [-0.3, -0.25) is 0 Å². The number of phenols is 1. The molecular formula is C15H11FN2O3. The highest BCUT2D eigenvalue weighted by Crippen LogP contribution is 2.32. The molecule has 1 heterocycles. The van der Waals surface area contributed by atoms with Gasteiger partial charge in [0.2, 0.25) is 5.82 Å². The lowest BCUT2D eigenvalue weighted by Gasteiger charge is -2.03. The molecule has 0 saturated carbocycles. The van der Waals surface area contributed by atoms with Crippen molar-refractivity contribution in [3.05, 3.63) is 48.3 Å². The van der Waals surface area contributed by atoms with Gasteiger partial charge in [-0.25, -0.2) is 4.39 Å². The van der Waals surface area contributed by atoms with Crippen LogP contribution in [0.2, 0.25) is 0 Å². The lowest BCUT2D eigenvalue weighted by Crippen LogP contribution is -1.87. The molecule has 5 nitrogen and oxygen atoms in total. The molecule has 6 heteroatoms. The van der Waals surface area contributed by atoms with Gasteiger partial charge < -0.3 is 14.4 Å². The minimum absolute atomic E-state index is 0.0282. The Labute approximate surface area is 119 Å². The van der Waals surface area contributed by atoms with Gasteiger partial charge in [0.25, 0.3) is 5.89 Å². The second kappa shape index (κ2) is 5.24. The largest absolute Gasteiger partial charge is 0.507 e. The van der Waals surface area contributed by atoms with Crippen molar-refractivity contribution in [1.82, 2.24) is 10.1 Å². The second-order valence-electron chi connectivity index (χ2n) is 4.29. The fraction of sp³-hybridized carbons (Fsp3) is 0.0667. The highest BCUT2D eigenvalue weighted by Gasteiger charge is 2.16. The Morgan fingerprint density at radius 3 is 2.71 bits per heavy atom. The van der Waals surface area contributed by atoms with Crippen LogP contribution in [-0.2, 0) is 0 Å². The molecule has 1 N–H and O–H groups in total. The highest BCUT2D eigenvalue weighted by atomic mass is 19.1. The van der Waals surface area contributed by atoms with E-state index in [1.54, 1.807) is 30.3 Å². The first-order valence-electron chi connectivity index (χ1n) is 6.15. The van der Waals surface area contributed by atoms with E-state index < -0.39 is 5.82 Å². The summed E-state index contributed by atoms with van der Waals surface area (Å²) in [6.45, 7) is 0. The number of benzene rings is 2. The molecule has 0 unspecified atom stereocenters. The minimum Gasteiger partial charge on any atom is -0.507 e. The molecule has 2 aromatic carbocycles. The average molecular weight is 286 g/mol. The van der Waals surface area contributed by atoms with Gasteiger partial charge in [-0.1, -0.05) is 17.3 Å². The summed E-state index contributed by atoms with van der Waals surface area (Å²) >= 11 is 0. The number of ether oxygens (including phenoxy) is 1. The summed E-state index contributed by atoms with van der Waals surface area (Å²) in [5, 5.41) is 13.6. The lowest BCUT2D eigenvalue weighted by atomic mass is 10.2. The maximum atomic E-state index is 13.7. The molecule has 21 heavy (non-hydrogen) atoms. The van der Waals surface area contributed by atoms with Crippen molar-refractivity contribution in [2.75, 3.05) is 7.11 Å². The second-order valence-corrected chi connectivity index (χ2v) is 4.29. The molecule has 0 aliphatic heterocycles. The molecule has 0 spiro atoms. The Morgan fingerprint density at radius 1 is 1.14 bits per heavy atom. The first-order chi connectivity index (χ1) is 10.2. The van der Waals surface area contributed by atoms with Crippen LogP contribution >= 0.6 is 0 Å². The van der Waals surface area contributed by atoms with Gasteiger partial charge in [0, 0.05) is 0 Å². The number of aromatic hydroxyl groups is 1. The summed E-state index contributed by atoms with van der Waals surface area (Å²) in [4.78, 5) is 4.11. The molecule has 3 rings (SSSR count). The zero-order valence-corrected chi connectivity index (χ0v) is 11.1. The molecule has 0 radical (unpaired) electrons. The van der Waals surface area contributed by atoms with E-state index in [-0.39, 0.29) is 23.0 Å². The summed E-state index contributed by atoms with van der Waals surface area (Å²) in [7, 11) is 1.51. The van der Waals surface area contributed by atoms with Gasteiger partial charge in [-0.05, 0) is 30.3 Å². The maximum Gasteiger partial charge on any atom is 0.262 e. The Balaban J connectivity index is 2.05. The van der Waals surface area contributed by atoms with Crippen LogP contribution in [0.4, 0.5) is 4.39 Å². The number of aromatic nitrogens is 2. The molecule has 3 aromatic rings. The summed E-state index contributed by atoms with van der Waals surface area (Å²) in [6, 6.07) is 10.7. The Morgan fingerprint density at radius 2 is 1.95 bits per heavy atom. The molecule has 1 aromatic heterocycles. The number of halogens is 1. The standard InChI is InChI=1S/C15H11FN2O3/c1-20-9-6-7-13(19)11(8-9)15-17-14(18-21-15)10-4-2-3-5-12(10)16/h2-8,19H,1H3. The molecule has 106 valence electrons. The molecule has 0 atom stereocenters. The smallest absolute Gasteiger partial charge is 0.262 e. The Bertz CT molecular complexity index is 786. The van der Waals surface area contributed by atoms with Crippen LogP contribution in [-0.4, -0.2) is 22.4 Å². The van der Waals surface area contributed by atoms with Crippen molar-refractivity contribution in [1.29, 1.82) is 0 Å². The van der Waals surface area contributed by atoms with E-state index in [2.05, 4.69) is 10.1 Å². The third kappa shape index (κ3) is 2.43. The van der Waals surface area contributed by atoms with Crippen LogP contribution in [0.15, 0.2) is 47.0 Å². The molecule has 0 aliphatic rings. The minimum atomic E-state index is -0.445. The molecule has 0 amide bonds. The van der Waals surface area contributed by atoms with E-state index in [0.29, 0.717) is 11.3 Å². The number of methoxy groups -OCH3 is 1. The highest BCUT2D eigenvalue weighted by molar-refractivity contribution is 5.66. The monoisotopic (exact) mass is 286 g/mol. The number of hydrogen-bond donors (Lipinski definition) is 1. The molecule has 0 saturated heterocycles. The van der Waals surface area contributed by atoms with Gasteiger partial charge in [0.05, 0.1) is 18.2 Å². The van der Waals surface area contributed by atoms with Crippen molar-refractivity contribution in [2.24, 2.45) is 0 Å². The lowest BCUT2D eigenvalue weighted by molar-refractivity contribution is 0.408. The summed E-state index contributed by atoms with van der Waals surface area (Å²) < 4.78 is 23.9. The first-order valence-corrected chi connectivity index (χ1v) is 6.15. The van der Waals surface area contributed by atoms with Gasteiger partial charge in [-0.15, -0.1) is 0 Å². The van der Waals surface area contributed by atoms with Crippen molar-refractivity contribution in [2.45, 2.75) is 0 Å². The van der Waals surface area contributed by atoms with Crippen LogP contribution in [0.1, 0.15) is 0 Å². The fourth-order valence-corrected chi connectivity index (χ4v) is 1.90. The number of phenolic OH excluding ortho intramolecular Hbond substituents is 1. The van der Waals surface area contributed by atoms with Crippen LogP contribution < -0.4 is 4.74 Å². The molecule has 0 aliphatic carbocycles. The molecule has 0 fully saturated rings. The third-order valence-corrected chi connectivity index (χ3v) is 2.97. The Kier molecular flexibility index (Phi) is 3.27. The average Bonchev–Trinajstić information content (AvgIpc) is 2.97. The van der Waals surface area contributed by atoms with Crippen molar-refractivity contribution >= 4 is 0 Å². The van der Waals surface area contributed by atoms with Crippen LogP contribution in [0.5, 0.6) is 11.5 Å². The van der Waals surface area contributed by atoms with E-state index in [0.717, 1.165) is 0 Å². The van der Waals surface area contributed by atoms with Gasteiger partial charge >= 0.3 is 0 Å². The summed E-state index contributed by atoms with van der Waals surface area (Å²) in [5.74, 6) is 0.266. The van der Waals surface area contributed by atoms with Gasteiger partial charge in [-0.2, -0.15) is 4.98 Å².